The molecule has 0 spiro atoms. The Morgan fingerprint density at radius 2 is 1.42 bits per heavy atom. The Morgan fingerprint density at radius 1 is 0.753 bits per heavy atom. The summed E-state index contributed by atoms with van der Waals surface area (Å²) in [7, 11) is 0. The van der Waals surface area contributed by atoms with Crippen molar-refractivity contribution in [1.29, 1.82) is 0 Å². The van der Waals surface area contributed by atoms with Crippen molar-refractivity contribution in [3.05, 3.63) is 93.4 Å². The molecule has 1 aliphatic heterocycles. The second-order valence-electron chi connectivity index (χ2n) is 20.2. The average Bonchev–Trinajstić information content (AvgIpc) is 4.20. The molecule has 0 unspecified atom stereocenters. The zero-order valence-electron chi connectivity index (χ0n) is 46.5. The second kappa shape index (κ2) is 31.8. The molecule has 5 rings (SSSR count). The normalized spacial score (nSPS) is 13.2. The summed E-state index contributed by atoms with van der Waals surface area (Å²) >= 11 is 0. The highest BCUT2D eigenvalue weighted by Crippen LogP contribution is 2.20. The molecule has 0 saturated carbocycles. The second-order valence-corrected chi connectivity index (χ2v) is 20.2. The molecule has 2 aromatic carbocycles. The molecule has 438 valence electrons. The van der Waals surface area contributed by atoms with Crippen LogP contribution in [-0.4, -0.2) is 132 Å². The van der Waals surface area contributed by atoms with E-state index >= 15 is 0 Å². The number of H-pyrrole nitrogens is 1. The van der Waals surface area contributed by atoms with Crippen molar-refractivity contribution in [2.75, 3.05) is 32.0 Å². The highest BCUT2D eigenvalue weighted by Gasteiger charge is 2.32. The first-order chi connectivity index (χ1) is 38.8. The topological polar surface area (TPSA) is 363 Å². The lowest BCUT2D eigenvalue weighted by Gasteiger charge is -2.27. The number of rotatable bonds is 35. The fourth-order valence-electron chi connectivity index (χ4n) is 8.67. The Kier molecular flexibility index (Phi) is 24.8. The number of carbonyl (C=O) groups is 9. The number of ether oxygens (including phenoxy) is 2. The third-order valence-electron chi connectivity index (χ3n) is 13.3. The Hall–Kier alpha value is -8.64. The Morgan fingerprint density at radius 3 is 2.07 bits per heavy atom. The third-order valence-corrected chi connectivity index (χ3v) is 13.3. The summed E-state index contributed by atoms with van der Waals surface area (Å²) in [6, 6.07) is 10.1. The minimum atomic E-state index is -1.32. The predicted molar refractivity (Wildman–Crippen MR) is 298 cm³/mol. The van der Waals surface area contributed by atoms with E-state index in [4.69, 9.17) is 20.9 Å². The lowest BCUT2D eigenvalue weighted by Crippen LogP contribution is -2.57. The first-order valence-corrected chi connectivity index (χ1v) is 27.4. The molecule has 3 atom stereocenters. The van der Waals surface area contributed by atoms with E-state index in [2.05, 4.69) is 36.2 Å². The highest BCUT2D eigenvalue weighted by atomic mass is 16.6. The van der Waals surface area contributed by atoms with Crippen molar-refractivity contribution in [1.82, 2.24) is 50.6 Å². The summed E-state index contributed by atoms with van der Waals surface area (Å²) in [5.74, 6) is -4.89. The van der Waals surface area contributed by atoms with Crippen molar-refractivity contribution >= 4 is 70.4 Å². The van der Waals surface area contributed by atoms with Crippen LogP contribution in [-0.2, 0) is 64.4 Å². The number of nitrogen functional groups attached to an aromatic ring is 1. The molecule has 10 N–H and O–H groups in total. The lowest BCUT2D eigenvalue weighted by molar-refractivity contribution is -0.139. The summed E-state index contributed by atoms with van der Waals surface area (Å²) < 4.78 is 12.9. The summed E-state index contributed by atoms with van der Waals surface area (Å²) in [6.07, 6.45) is 5.88. The monoisotopic (exact) mass is 1120 g/mol. The maximum Gasteiger partial charge on any atom is 0.410 e. The van der Waals surface area contributed by atoms with Crippen molar-refractivity contribution in [3.8, 4) is 6.01 Å². The molecule has 0 fully saturated rings. The molecule has 2 aromatic heterocycles. The van der Waals surface area contributed by atoms with Gasteiger partial charge in [0.05, 0.1) is 19.2 Å². The SMILES string of the molecule is CCCCOc1nc(N)c2[nH]c(=O)n(Cc3ccc(CN(CCCC)C(=O)OCc4ccc(CC(=O)[C@H](CCCNC(N)=O)NC(=O)[C@@H](NC(=O)[C@H](CCC(=O)O)NC(=O)CCCCCN5C(=O)C=CC5=O)C(C)C)cc4)cc3)c2n1. The maximum absolute atomic E-state index is 14.0. The molecular weight excluding hydrogens is 1050 g/mol. The fourth-order valence-corrected chi connectivity index (χ4v) is 8.67. The number of hydrogen-bond acceptors (Lipinski definition) is 15. The number of ketones is 1. The predicted octanol–water partition coefficient (Wildman–Crippen LogP) is 3.89. The largest absolute Gasteiger partial charge is 0.481 e. The number of nitrogens with two attached hydrogens (primary N) is 2. The first-order valence-electron chi connectivity index (χ1n) is 27.4. The van der Waals surface area contributed by atoms with Gasteiger partial charge in [-0.1, -0.05) is 95.5 Å². The van der Waals surface area contributed by atoms with E-state index in [0.29, 0.717) is 54.7 Å². The van der Waals surface area contributed by atoms with Gasteiger partial charge >= 0.3 is 29.8 Å². The van der Waals surface area contributed by atoms with Gasteiger partial charge in [-0.2, -0.15) is 9.97 Å². The number of imidazole rings is 1. The van der Waals surface area contributed by atoms with Gasteiger partial charge in [-0.05, 0) is 73.1 Å². The van der Waals surface area contributed by atoms with Crippen LogP contribution in [0.3, 0.4) is 0 Å². The maximum atomic E-state index is 14.0. The average molecular weight is 1130 g/mol. The number of nitrogens with zero attached hydrogens (tertiary/aromatic N) is 5. The molecule has 0 saturated heterocycles. The van der Waals surface area contributed by atoms with Gasteiger partial charge in [-0.3, -0.25) is 43.0 Å². The van der Waals surface area contributed by atoms with Crippen LogP contribution in [0.25, 0.3) is 11.2 Å². The van der Waals surface area contributed by atoms with Gasteiger partial charge in [0.2, 0.25) is 17.7 Å². The number of urea groups is 1. The number of carboxylic acids is 1. The van der Waals surface area contributed by atoms with E-state index in [9.17, 15) is 53.1 Å². The number of carboxylic acid groups (broad SMARTS) is 1. The van der Waals surface area contributed by atoms with E-state index in [1.165, 1.54) is 16.7 Å². The molecule has 81 heavy (non-hydrogen) atoms. The zero-order chi connectivity index (χ0) is 59.0. The number of amides is 8. The van der Waals surface area contributed by atoms with E-state index in [1.807, 2.05) is 38.1 Å². The Labute approximate surface area is 469 Å². The van der Waals surface area contributed by atoms with Crippen molar-refractivity contribution < 1.29 is 57.7 Å². The van der Waals surface area contributed by atoms with Crippen LogP contribution in [0, 0.1) is 5.92 Å². The Balaban J connectivity index is 1.16. The van der Waals surface area contributed by atoms with Crippen LogP contribution in [0.15, 0.2) is 65.5 Å². The molecule has 0 bridgehead atoms. The smallest absolute Gasteiger partial charge is 0.410 e. The van der Waals surface area contributed by atoms with E-state index in [-0.39, 0.29) is 82.5 Å². The lowest BCUT2D eigenvalue weighted by atomic mass is 9.97. The molecule has 1 aliphatic rings. The molecule has 25 heteroatoms. The number of carbonyl (C=O) groups excluding carboxylic acids is 8. The number of aromatic nitrogens is 4. The number of fused-ring (bicyclic) bond motifs is 1. The number of unbranched alkanes of at least 4 members (excludes halogenated alkanes) is 4. The van der Waals surface area contributed by atoms with Crippen LogP contribution in [0.2, 0.25) is 0 Å². The van der Waals surface area contributed by atoms with E-state index < -0.39 is 83.8 Å². The quantitative estimate of drug-likeness (QED) is 0.0239. The fraction of sp³-hybridized carbons (Fsp3) is 0.500. The number of primary amides is 1. The van der Waals surface area contributed by atoms with Gasteiger partial charge in [0, 0.05) is 57.6 Å². The van der Waals surface area contributed by atoms with Gasteiger partial charge in [0.1, 0.15) is 24.2 Å². The molecule has 25 nitrogen and oxygen atoms in total. The minimum Gasteiger partial charge on any atom is -0.481 e. The van der Waals surface area contributed by atoms with Crippen molar-refractivity contribution in [3.63, 3.8) is 0 Å². The number of aliphatic carboxylic acids is 1. The standard InChI is InChI=1S/C56H76N12O13/c1-5-7-28-66(32-37-17-19-38(20-18-37)33-68-50-48(63-55(68)78)49(57)64-54(65-50)80-30-8-6-2)56(79)81-34-39-21-15-36(16-22-39)31-42(69)40(13-12-27-59-53(58)77)61-52(76)47(35(3)4)62-51(75)41(23-26-46(73)74)60-43(70)14-10-9-11-29-67-44(71)24-25-45(67)72/h15-22,24-25,35,40-41,47H,5-14,23,26-34H2,1-4H3,(H,60,70)(H,61,76)(H,62,75)(H,63,78)(H,73,74)(H2,57,64,65)(H3,58,59,77)/t40-,41-,47-/m0/s1. The molecule has 4 aromatic rings. The number of Topliss-reactive ketones (excluding diaryl/α,β-unsaturated/α-hetero) is 1. The summed E-state index contributed by atoms with van der Waals surface area (Å²) in [4.78, 5) is 142. The summed E-state index contributed by atoms with van der Waals surface area (Å²) in [6.45, 7) is 8.92. The number of nitrogens with one attached hydrogen (secondary N) is 5. The van der Waals surface area contributed by atoms with Crippen LogP contribution in [0.4, 0.5) is 15.4 Å². The van der Waals surface area contributed by atoms with E-state index in [1.54, 1.807) is 43.0 Å². The highest BCUT2D eigenvalue weighted by molar-refractivity contribution is 6.12. The molecule has 0 aliphatic carbocycles. The number of anilines is 1. The van der Waals surface area contributed by atoms with Gasteiger partial charge in [0.15, 0.2) is 17.2 Å². The molecule has 8 amide bonds. The number of aromatic amines is 1. The van der Waals surface area contributed by atoms with Crippen LogP contribution in [0.5, 0.6) is 6.01 Å². The number of hydrogen-bond donors (Lipinski definition) is 8. The number of benzene rings is 2. The van der Waals surface area contributed by atoms with Crippen LogP contribution >= 0.6 is 0 Å². The van der Waals surface area contributed by atoms with Gasteiger partial charge in [0.25, 0.3) is 11.8 Å². The van der Waals surface area contributed by atoms with Crippen molar-refractivity contribution in [2.45, 2.75) is 149 Å². The van der Waals surface area contributed by atoms with Crippen molar-refractivity contribution in [2.24, 2.45) is 11.7 Å². The van der Waals surface area contributed by atoms with Gasteiger partial charge < -0.3 is 57.2 Å². The van der Waals surface area contributed by atoms with Gasteiger partial charge in [-0.15, -0.1) is 0 Å². The minimum absolute atomic E-state index is 0.0285. The summed E-state index contributed by atoms with van der Waals surface area (Å²) in [5.41, 5.74) is 14.5. The third kappa shape index (κ3) is 20.2. The molecular formula is C56H76N12O13. The first kappa shape index (κ1) is 63.2. The Bertz CT molecular complexity index is 2900. The summed E-state index contributed by atoms with van der Waals surface area (Å²) in [5, 5.41) is 19.8. The molecule has 0 radical (unpaired) electrons. The van der Waals surface area contributed by atoms with Crippen LogP contribution in [0.1, 0.15) is 127 Å². The van der Waals surface area contributed by atoms with E-state index in [0.717, 1.165) is 41.7 Å². The molecule has 3 heterocycles. The van der Waals surface area contributed by atoms with Gasteiger partial charge in [-0.25, -0.2) is 14.4 Å². The van der Waals surface area contributed by atoms with Crippen LogP contribution < -0.4 is 43.2 Å². The number of imide groups is 1. The zero-order valence-corrected chi connectivity index (χ0v) is 46.5.